The molecule has 4 aliphatic rings. The van der Waals surface area contributed by atoms with Crippen LogP contribution in [0.5, 0.6) is 23.0 Å². The monoisotopic (exact) mass is 911 g/mol. The van der Waals surface area contributed by atoms with E-state index in [4.69, 9.17) is 23.7 Å². The number of hydrogen-bond acceptors (Lipinski definition) is 19. The average molecular weight is 912 g/mol. The Labute approximate surface area is 369 Å². The number of hydrogen-bond donors (Lipinski definition) is 12. The van der Waals surface area contributed by atoms with Crippen molar-refractivity contribution < 1.29 is 93.6 Å². The molecule has 2 fully saturated rings. The fourth-order valence-corrected chi connectivity index (χ4v) is 8.70. The van der Waals surface area contributed by atoms with E-state index in [9.17, 15) is 69.9 Å². The van der Waals surface area contributed by atoms with E-state index >= 15 is 0 Å². The molecule has 3 aromatic rings. The first-order chi connectivity index (χ1) is 30.6. The first-order valence-corrected chi connectivity index (χ1v) is 20.4. The van der Waals surface area contributed by atoms with Gasteiger partial charge in [0.25, 0.3) is 5.91 Å². The number of amides is 2. The standard InChI is InChI=1S/C43H49N3O19/c1-12-7-20-26(33(53)23(12)40(58)45-13(2)39(57)46-14(3)41(59)60)25-18(10-19-27(34(25)54)30(50)17-8-16(61-6)9-21(47)24(17)29(19)49)31(51)37(20)64-43-36(56)38(28(44-5)15(4)63-43)65-42-35(55)32(52)22(48)11-62-42/h7-10,13-15,22,28,31-32,35-38,42-44,47-48,51-56H,11H2,1-6H3,(H,45,58)(H,46,57)(H,59,60)/t13-,14-,15?,22?,28?,31+,32?,35?,36?,37+,38?,42?,43?/m1/s1. The van der Waals surface area contributed by atoms with Crippen LogP contribution in [-0.2, 0) is 28.5 Å². The normalized spacial score (nSPS) is 29.1. The van der Waals surface area contributed by atoms with Gasteiger partial charge in [-0.2, -0.15) is 0 Å². The van der Waals surface area contributed by atoms with E-state index in [1.807, 2.05) is 0 Å². The molecule has 12 N–H and O–H groups in total. The topological polar surface area (TPSA) is 350 Å². The molecule has 0 bridgehead atoms. The molecule has 2 saturated heterocycles. The molecule has 2 heterocycles. The average Bonchev–Trinajstić information content (AvgIpc) is 3.25. The van der Waals surface area contributed by atoms with Crippen molar-refractivity contribution in [3.05, 3.63) is 68.8 Å². The van der Waals surface area contributed by atoms with Gasteiger partial charge in [0, 0.05) is 28.3 Å². The highest BCUT2D eigenvalue weighted by atomic mass is 16.7. The Morgan fingerprint density at radius 1 is 0.785 bits per heavy atom. The zero-order valence-corrected chi connectivity index (χ0v) is 35.6. The number of aliphatic hydroxyl groups excluding tert-OH is 5. The molecule has 0 saturated carbocycles. The molecule has 2 aliphatic carbocycles. The zero-order chi connectivity index (χ0) is 47.7. The smallest absolute Gasteiger partial charge is 0.325 e. The number of aromatic hydroxyl groups is 3. The van der Waals surface area contributed by atoms with Crippen molar-refractivity contribution in [3.63, 3.8) is 0 Å². The summed E-state index contributed by atoms with van der Waals surface area (Å²) in [5.74, 6) is -7.59. The summed E-state index contributed by atoms with van der Waals surface area (Å²) in [6, 6.07) is 1.12. The number of aliphatic carboxylic acids is 1. The molecular formula is C43H49N3O19. The van der Waals surface area contributed by atoms with E-state index in [0.29, 0.717) is 0 Å². The van der Waals surface area contributed by atoms with Gasteiger partial charge in [-0.1, -0.05) is 6.07 Å². The van der Waals surface area contributed by atoms with Crippen molar-refractivity contribution in [2.24, 2.45) is 0 Å². The van der Waals surface area contributed by atoms with Gasteiger partial charge in [0.2, 0.25) is 5.91 Å². The van der Waals surface area contributed by atoms with Gasteiger partial charge < -0.3 is 85.6 Å². The zero-order valence-electron chi connectivity index (χ0n) is 35.6. The lowest BCUT2D eigenvalue weighted by molar-refractivity contribution is -0.339. The number of carboxylic acids is 1. The number of aryl methyl sites for hydroxylation is 1. The summed E-state index contributed by atoms with van der Waals surface area (Å²) < 4.78 is 29.0. The summed E-state index contributed by atoms with van der Waals surface area (Å²) in [7, 11) is 2.79. The van der Waals surface area contributed by atoms with Crippen LogP contribution < -0.4 is 20.7 Å². The Bertz CT molecular complexity index is 2460. The predicted octanol–water partition coefficient (Wildman–Crippen LogP) is -1.11. The summed E-state index contributed by atoms with van der Waals surface area (Å²) in [6.07, 6.45) is -15.7. The SMILES string of the molecule is CNC1C(C)OC(O[C@H]2c3cc(C)c(C(=O)N[C@H](C)C(=O)N[C@H](C)C(=O)O)c(O)c3-c3c(cc4c(c3O)C(=O)c3cc(OC)cc(O)c3C4=O)[C@@H]2O)C(O)C1OC1OCC(O)C(O)C1O. The first-order valence-electron chi connectivity index (χ1n) is 20.4. The third-order valence-corrected chi connectivity index (χ3v) is 12.2. The van der Waals surface area contributed by atoms with E-state index in [1.54, 1.807) is 6.92 Å². The lowest BCUT2D eigenvalue weighted by atomic mass is 9.74. The van der Waals surface area contributed by atoms with Gasteiger partial charge in [-0.15, -0.1) is 0 Å². The molecule has 0 radical (unpaired) electrons. The maximum Gasteiger partial charge on any atom is 0.325 e. The van der Waals surface area contributed by atoms with E-state index in [1.165, 1.54) is 47.1 Å². The molecule has 13 atom stereocenters. The molecule has 9 unspecified atom stereocenters. The summed E-state index contributed by atoms with van der Waals surface area (Å²) >= 11 is 0. The van der Waals surface area contributed by atoms with Gasteiger partial charge in [0.1, 0.15) is 77.8 Å². The van der Waals surface area contributed by atoms with Crippen LogP contribution in [0.3, 0.4) is 0 Å². The lowest BCUT2D eigenvalue weighted by Crippen LogP contribution is -2.65. The quantitative estimate of drug-likeness (QED) is 0.0849. The number of methoxy groups -OCH3 is 1. The third kappa shape index (κ3) is 8.04. The number of benzene rings is 3. The molecule has 0 aromatic heterocycles. The van der Waals surface area contributed by atoms with Crippen LogP contribution in [0.4, 0.5) is 0 Å². The second-order valence-electron chi connectivity index (χ2n) is 16.4. The number of aliphatic hydroxyl groups is 5. The molecule has 3 aromatic carbocycles. The number of rotatable bonds is 11. The maximum atomic E-state index is 14.2. The third-order valence-electron chi connectivity index (χ3n) is 12.2. The Hall–Kier alpha value is -5.79. The number of likely N-dealkylation sites (N-methyl/N-ethyl adjacent to an activating group) is 1. The van der Waals surface area contributed by atoms with Crippen LogP contribution in [0.15, 0.2) is 24.3 Å². The van der Waals surface area contributed by atoms with Gasteiger partial charge in [-0.25, -0.2) is 0 Å². The number of carbonyl (C=O) groups excluding carboxylic acids is 4. The Balaban J connectivity index is 1.35. The molecule has 2 amide bonds. The van der Waals surface area contributed by atoms with Crippen molar-refractivity contribution in [1.29, 1.82) is 0 Å². The number of carboxylic acid groups (broad SMARTS) is 1. The van der Waals surface area contributed by atoms with Crippen LogP contribution in [0, 0.1) is 6.92 Å². The number of carbonyl (C=O) groups is 5. The highest BCUT2D eigenvalue weighted by Crippen LogP contribution is 2.57. The molecule has 0 spiro atoms. The van der Waals surface area contributed by atoms with Crippen molar-refractivity contribution >= 4 is 29.4 Å². The van der Waals surface area contributed by atoms with Crippen LogP contribution in [0.2, 0.25) is 0 Å². The lowest BCUT2D eigenvalue weighted by Gasteiger charge is -2.47. The first kappa shape index (κ1) is 47.2. The van der Waals surface area contributed by atoms with Gasteiger partial charge in [0.05, 0.1) is 42.6 Å². The van der Waals surface area contributed by atoms with Crippen molar-refractivity contribution in [2.75, 3.05) is 20.8 Å². The van der Waals surface area contributed by atoms with E-state index in [-0.39, 0.29) is 28.0 Å². The number of ether oxygens (including phenoxy) is 5. The van der Waals surface area contributed by atoms with Crippen LogP contribution in [0.25, 0.3) is 11.1 Å². The van der Waals surface area contributed by atoms with Gasteiger partial charge in [-0.3, -0.25) is 24.0 Å². The number of phenols is 3. The predicted molar refractivity (Wildman–Crippen MR) is 218 cm³/mol. The molecule has 22 heteroatoms. The maximum absolute atomic E-state index is 14.2. The summed E-state index contributed by atoms with van der Waals surface area (Å²) in [6.45, 7) is 5.00. The minimum absolute atomic E-state index is 0.00195. The van der Waals surface area contributed by atoms with Crippen molar-refractivity contribution in [2.45, 2.75) is 107 Å². The molecular weight excluding hydrogens is 862 g/mol. The van der Waals surface area contributed by atoms with Crippen molar-refractivity contribution in [1.82, 2.24) is 16.0 Å². The second kappa shape index (κ2) is 17.9. The van der Waals surface area contributed by atoms with Crippen LogP contribution >= 0.6 is 0 Å². The molecule has 2 aliphatic heterocycles. The van der Waals surface area contributed by atoms with E-state index in [0.717, 1.165) is 12.1 Å². The van der Waals surface area contributed by atoms with Gasteiger partial charge in [0.15, 0.2) is 24.1 Å². The summed E-state index contributed by atoms with van der Waals surface area (Å²) in [4.78, 5) is 66.4. The Morgan fingerprint density at radius 2 is 1.43 bits per heavy atom. The number of fused-ring (bicyclic) bond motifs is 5. The molecule has 350 valence electrons. The highest BCUT2D eigenvalue weighted by Gasteiger charge is 2.51. The minimum Gasteiger partial charge on any atom is -0.507 e. The molecule has 65 heavy (non-hydrogen) atoms. The largest absolute Gasteiger partial charge is 0.507 e. The molecule has 7 rings (SSSR count). The van der Waals surface area contributed by atoms with Crippen LogP contribution in [-0.4, -0.2) is 163 Å². The fourth-order valence-electron chi connectivity index (χ4n) is 8.70. The summed E-state index contributed by atoms with van der Waals surface area (Å²) in [5, 5.41) is 107. The minimum atomic E-state index is -1.92. The fraction of sp³-hybridized carbons (Fsp3) is 0.465. The van der Waals surface area contributed by atoms with Crippen molar-refractivity contribution in [3.8, 4) is 34.1 Å². The van der Waals surface area contributed by atoms with Crippen LogP contribution in [0.1, 0.15) is 91.9 Å². The Kier molecular flexibility index (Phi) is 13.0. The van der Waals surface area contributed by atoms with Gasteiger partial charge >= 0.3 is 5.97 Å². The van der Waals surface area contributed by atoms with Gasteiger partial charge in [-0.05, 0) is 63.6 Å². The summed E-state index contributed by atoms with van der Waals surface area (Å²) in [5.41, 5.74) is -3.56. The number of nitrogens with one attached hydrogen (secondary N) is 3. The van der Waals surface area contributed by atoms with E-state index < -0.39 is 166 Å². The van der Waals surface area contributed by atoms with E-state index in [2.05, 4.69) is 16.0 Å². The second-order valence-corrected chi connectivity index (χ2v) is 16.4. The number of phenolic OH excluding ortho intramolecular Hbond substituents is 3. The number of ketones is 2. The Morgan fingerprint density at radius 3 is 2.08 bits per heavy atom. The highest BCUT2D eigenvalue weighted by molar-refractivity contribution is 6.31. The molecule has 22 nitrogen and oxygen atoms in total.